The Hall–Kier alpha value is -1.36. The van der Waals surface area contributed by atoms with E-state index in [1.54, 1.807) is 6.92 Å². The highest BCUT2D eigenvalue weighted by Gasteiger charge is 2.21. The van der Waals surface area contributed by atoms with Gasteiger partial charge in [0.25, 0.3) is 0 Å². The van der Waals surface area contributed by atoms with Crippen molar-refractivity contribution in [2.75, 3.05) is 31.6 Å². The van der Waals surface area contributed by atoms with Gasteiger partial charge in [-0.05, 0) is 26.7 Å². The number of hydrogen-bond acceptors (Lipinski definition) is 4. The third kappa shape index (κ3) is 3.15. The molecule has 0 saturated carbocycles. The Morgan fingerprint density at radius 2 is 1.95 bits per heavy atom. The first-order chi connectivity index (χ1) is 8.99. The number of aromatic nitrogens is 2. The predicted molar refractivity (Wildman–Crippen MR) is 75.6 cm³/mol. The number of rotatable bonds is 3. The van der Waals surface area contributed by atoms with Crippen molar-refractivity contribution in [1.82, 2.24) is 14.9 Å². The van der Waals surface area contributed by atoms with Gasteiger partial charge in [0.1, 0.15) is 16.8 Å². The summed E-state index contributed by atoms with van der Waals surface area (Å²) in [6.07, 6.45) is 2.21. The number of amides is 1. The molecule has 0 bridgehead atoms. The highest BCUT2D eigenvalue weighted by atomic mass is 35.5. The maximum atomic E-state index is 12.1. The molecule has 0 aromatic carbocycles. The number of nitrogens with zero attached hydrogens (tertiary/aromatic N) is 4. The van der Waals surface area contributed by atoms with E-state index in [1.807, 2.05) is 23.8 Å². The Bertz CT molecular complexity index is 486. The summed E-state index contributed by atoms with van der Waals surface area (Å²) in [5, 5.41) is 0.447. The minimum absolute atomic E-state index is 0.145. The zero-order valence-corrected chi connectivity index (χ0v) is 12.4. The molecule has 1 fully saturated rings. The van der Waals surface area contributed by atoms with Crippen LogP contribution in [0, 0.1) is 13.8 Å². The summed E-state index contributed by atoms with van der Waals surface area (Å²) in [5.74, 6) is 1.49. The maximum absolute atomic E-state index is 12.1. The van der Waals surface area contributed by atoms with Crippen molar-refractivity contribution in [1.29, 1.82) is 0 Å². The van der Waals surface area contributed by atoms with Crippen LogP contribution in [0.3, 0.4) is 0 Å². The van der Waals surface area contributed by atoms with E-state index in [9.17, 15) is 4.79 Å². The summed E-state index contributed by atoms with van der Waals surface area (Å²) in [5.41, 5.74) is 0.809. The van der Waals surface area contributed by atoms with Gasteiger partial charge in [0.05, 0.1) is 6.54 Å². The Morgan fingerprint density at radius 1 is 1.32 bits per heavy atom. The van der Waals surface area contributed by atoms with Crippen LogP contribution in [0.25, 0.3) is 0 Å². The molecule has 1 aromatic heterocycles. The molecule has 0 aliphatic carbocycles. The Balaban J connectivity index is 2.11. The van der Waals surface area contributed by atoms with Crippen molar-refractivity contribution in [3.63, 3.8) is 0 Å². The molecular weight excluding hydrogens is 264 g/mol. The van der Waals surface area contributed by atoms with Gasteiger partial charge in [0, 0.05) is 25.7 Å². The lowest BCUT2D eigenvalue weighted by atomic mass is 10.3. The monoisotopic (exact) mass is 282 g/mol. The van der Waals surface area contributed by atoms with E-state index in [0.29, 0.717) is 17.5 Å². The second kappa shape index (κ2) is 5.74. The van der Waals surface area contributed by atoms with Gasteiger partial charge in [0.2, 0.25) is 5.91 Å². The lowest BCUT2D eigenvalue weighted by Crippen LogP contribution is -2.37. The van der Waals surface area contributed by atoms with Gasteiger partial charge in [-0.2, -0.15) is 0 Å². The Labute approximate surface area is 118 Å². The van der Waals surface area contributed by atoms with Crippen LogP contribution >= 0.6 is 11.6 Å². The number of carbonyl (C=O) groups excluding carboxylic acids is 1. The molecular formula is C13H19ClN4O. The van der Waals surface area contributed by atoms with E-state index in [2.05, 4.69) is 9.97 Å². The van der Waals surface area contributed by atoms with Crippen LogP contribution < -0.4 is 4.90 Å². The number of hydrogen-bond donors (Lipinski definition) is 0. The van der Waals surface area contributed by atoms with Crippen LogP contribution in [0.4, 0.5) is 5.82 Å². The molecule has 0 N–H and O–H groups in total. The molecule has 0 unspecified atom stereocenters. The Kier molecular flexibility index (Phi) is 4.24. The lowest BCUT2D eigenvalue weighted by molar-refractivity contribution is -0.128. The van der Waals surface area contributed by atoms with Crippen molar-refractivity contribution in [2.24, 2.45) is 0 Å². The quantitative estimate of drug-likeness (QED) is 0.794. The molecule has 2 heterocycles. The number of anilines is 1. The summed E-state index contributed by atoms with van der Waals surface area (Å²) < 4.78 is 0. The average Bonchev–Trinajstić information content (AvgIpc) is 2.87. The van der Waals surface area contributed by atoms with Crippen molar-refractivity contribution >= 4 is 23.3 Å². The van der Waals surface area contributed by atoms with Crippen LogP contribution in [0.15, 0.2) is 0 Å². The molecule has 0 spiro atoms. The number of aryl methyl sites for hydroxylation is 1. The largest absolute Gasteiger partial charge is 0.350 e. The fourth-order valence-electron chi connectivity index (χ4n) is 2.30. The first-order valence-corrected chi connectivity index (χ1v) is 6.86. The van der Waals surface area contributed by atoms with Gasteiger partial charge in [-0.1, -0.05) is 11.6 Å². The van der Waals surface area contributed by atoms with Crippen molar-refractivity contribution in [3.05, 3.63) is 16.5 Å². The van der Waals surface area contributed by atoms with Crippen LogP contribution in [-0.4, -0.2) is 47.5 Å². The molecule has 2 rings (SSSR count). The smallest absolute Gasteiger partial charge is 0.242 e. The van der Waals surface area contributed by atoms with E-state index in [1.165, 1.54) is 0 Å². The van der Waals surface area contributed by atoms with Gasteiger partial charge in [-0.15, -0.1) is 0 Å². The fraction of sp³-hybridized carbons (Fsp3) is 0.615. The molecule has 1 amide bonds. The van der Waals surface area contributed by atoms with Crippen molar-refractivity contribution < 1.29 is 4.79 Å². The standard InChI is InChI=1S/C13H19ClN4O/c1-9-12(14)15-10(2)16-13(9)17(3)8-11(19)18-6-4-5-7-18/h4-8H2,1-3H3. The molecule has 104 valence electrons. The normalized spacial score (nSPS) is 14.8. The van der Waals surface area contributed by atoms with E-state index in [-0.39, 0.29) is 5.91 Å². The average molecular weight is 283 g/mol. The molecule has 1 aromatic rings. The lowest BCUT2D eigenvalue weighted by Gasteiger charge is -2.23. The first kappa shape index (κ1) is 14.1. The number of likely N-dealkylation sites (tertiary alicyclic amines) is 1. The van der Waals surface area contributed by atoms with Gasteiger partial charge < -0.3 is 9.80 Å². The van der Waals surface area contributed by atoms with E-state index in [4.69, 9.17) is 11.6 Å². The SMILES string of the molecule is Cc1nc(Cl)c(C)c(N(C)CC(=O)N2CCCC2)n1. The molecule has 0 radical (unpaired) electrons. The zero-order valence-electron chi connectivity index (χ0n) is 11.6. The number of halogens is 1. The minimum Gasteiger partial charge on any atom is -0.350 e. The van der Waals surface area contributed by atoms with Crippen molar-refractivity contribution in [2.45, 2.75) is 26.7 Å². The second-order valence-electron chi connectivity index (χ2n) is 4.95. The summed E-state index contributed by atoms with van der Waals surface area (Å²) >= 11 is 6.05. The highest BCUT2D eigenvalue weighted by Crippen LogP contribution is 2.22. The predicted octanol–water partition coefficient (Wildman–Crippen LogP) is 1.81. The van der Waals surface area contributed by atoms with Crippen LogP contribution in [0.5, 0.6) is 0 Å². The number of carbonyl (C=O) groups is 1. The minimum atomic E-state index is 0.145. The second-order valence-corrected chi connectivity index (χ2v) is 5.31. The van der Waals surface area contributed by atoms with Gasteiger partial charge in [-0.25, -0.2) is 9.97 Å². The summed E-state index contributed by atoms with van der Waals surface area (Å²) in [6.45, 7) is 5.73. The molecule has 6 heteroatoms. The van der Waals surface area contributed by atoms with E-state index < -0.39 is 0 Å². The molecule has 1 saturated heterocycles. The summed E-state index contributed by atoms with van der Waals surface area (Å²) in [6, 6.07) is 0. The van der Waals surface area contributed by atoms with Gasteiger partial charge in [0.15, 0.2) is 0 Å². The topological polar surface area (TPSA) is 49.3 Å². The van der Waals surface area contributed by atoms with E-state index >= 15 is 0 Å². The third-order valence-electron chi connectivity index (χ3n) is 3.37. The van der Waals surface area contributed by atoms with Crippen LogP contribution in [0.1, 0.15) is 24.2 Å². The summed E-state index contributed by atoms with van der Waals surface area (Å²) in [4.78, 5) is 24.3. The highest BCUT2D eigenvalue weighted by molar-refractivity contribution is 6.30. The van der Waals surface area contributed by atoms with Crippen LogP contribution in [-0.2, 0) is 4.79 Å². The van der Waals surface area contributed by atoms with Crippen LogP contribution in [0.2, 0.25) is 5.15 Å². The third-order valence-corrected chi connectivity index (χ3v) is 3.73. The zero-order chi connectivity index (χ0) is 14.0. The Morgan fingerprint density at radius 3 is 2.58 bits per heavy atom. The summed E-state index contributed by atoms with van der Waals surface area (Å²) in [7, 11) is 1.86. The number of likely N-dealkylation sites (N-methyl/N-ethyl adjacent to an activating group) is 1. The molecule has 1 aliphatic rings. The van der Waals surface area contributed by atoms with Crippen molar-refractivity contribution in [3.8, 4) is 0 Å². The van der Waals surface area contributed by atoms with Gasteiger partial charge >= 0.3 is 0 Å². The van der Waals surface area contributed by atoms with Gasteiger partial charge in [-0.3, -0.25) is 4.79 Å². The molecule has 19 heavy (non-hydrogen) atoms. The van der Waals surface area contributed by atoms with E-state index in [0.717, 1.165) is 37.3 Å². The molecule has 1 aliphatic heterocycles. The fourth-order valence-corrected chi connectivity index (χ4v) is 2.50. The first-order valence-electron chi connectivity index (χ1n) is 6.48. The maximum Gasteiger partial charge on any atom is 0.242 e. The molecule has 5 nitrogen and oxygen atoms in total. The molecule has 0 atom stereocenters.